The summed E-state index contributed by atoms with van der Waals surface area (Å²) in [5.41, 5.74) is 0. The summed E-state index contributed by atoms with van der Waals surface area (Å²) in [4.78, 5) is 10.8. The van der Waals surface area contributed by atoms with Gasteiger partial charge in [-0.05, 0) is 22.9 Å². The molecule has 0 radical (unpaired) electrons. The normalized spacial score (nSPS) is 13.3. The lowest BCUT2D eigenvalue weighted by molar-refractivity contribution is -0.116. The number of aliphatic hydroxyl groups is 1. The van der Waals surface area contributed by atoms with Gasteiger partial charge in [-0.15, -0.1) is 9.45 Å². The number of hydrogen-bond donors (Lipinski definition) is 2. The Morgan fingerprint density at radius 3 is 2.91 bits per heavy atom. The molecule has 64 valence electrons. The molecule has 5 heteroatoms. The van der Waals surface area contributed by atoms with Crippen molar-refractivity contribution in [2.24, 2.45) is 0 Å². The van der Waals surface area contributed by atoms with Crippen LogP contribution < -0.4 is 5.32 Å². The first kappa shape index (κ1) is 10.7. The zero-order valence-corrected chi connectivity index (χ0v) is 7.87. The van der Waals surface area contributed by atoms with E-state index in [1.54, 1.807) is 5.41 Å². The van der Waals surface area contributed by atoms with E-state index in [1.807, 2.05) is 6.26 Å². The highest BCUT2D eigenvalue weighted by Crippen LogP contribution is 1.78. The van der Waals surface area contributed by atoms with Gasteiger partial charge in [0.25, 0.3) is 0 Å². The Bertz CT molecular complexity index is 179. The third-order valence-electron chi connectivity index (χ3n) is 0.822. The van der Waals surface area contributed by atoms with Crippen LogP contribution in [0.15, 0.2) is 11.5 Å². The van der Waals surface area contributed by atoms with Gasteiger partial charge < -0.3 is 10.4 Å². The van der Waals surface area contributed by atoms with Gasteiger partial charge in [0, 0.05) is 12.6 Å². The van der Waals surface area contributed by atoms with Crippen LogP contribution in [0.25, 0.3) is 0 Å². The van der Waals surface area contributed by atoms with Crippen molar-refractivity contribution in [3.63, 3.8) is 0 Å². The fourth-order valence-corrected chi connectivity index (χ4v) is 0.878. The maximum absolute atomic E-state index is 10.8. The van der Waals surface area contributed by atoms with E-state index >= 15 is 0 Å². The number of rotatable bonds is 4. The summed E-state index contributed by atoms with van der Waals surface area (Å²) in [5, 5.41) is 12.5. The second-order valence-corrected chi connectivity index (χ2v) is 4.66. The highest BCUT2D eigenvalue weighted by Gasteiger charge is 1.90. The first-order valence-electron chi connectivity index (χ1n) is 3.06. The molecule has 1 unspecified atom stereocenters. The minimum absolute atomic E-state index is 0.0364. The second-order valence-electron chi connectivity index (χ2n) is 1.82. The molecule has 0 aliphatic carbocycles. The van der Waals surface area contributed by atoms with Crippen molar-refractivity contribution in [2.45, 2.75) is 0 Å². The van der Waals surface area contributed by atoms with Gasteiger partial charge in [-0.1, -0.05) is 0 Å². The van der Waals surface area contributed by atoms with Crippen molar-refractivity contribution in [1.82, 2.24) is 5.32 Å². The topological polar surface area (TPSA) is 49.3 Å². The first-order valence-corrected chi connectivity index (χ1v) is 5.68. The first-order chi connectivity index (χ1) is 5.16. The predicted octanol–water partition coefficient (Wildman–Crippen LogP) is -0.681. The standard InChI is InChI=1S/C6H11NO2S2/c1-11(10)5-2-6(9)7-3-4-8/h2,5,8H,3-4H2,1H3,(H,7,9)/b5-2-. The fraction of sp³-hybridized carbons (Fsp3) is 0.500. The summed E-state index contributed by atoms with van der Waals surface area (Å²) in [6, 6.07) is 0. The van der Waals surface area contributed by atoms with Gasteiger partial charge in [-0.25, -0.2) is 0 Å². The zero-order valence-electron chi connectivity index (χ0n) is 6.24. The third-order valence-corrected chi connectivity index (χ3v) is 1.67. The molecule has 0 fully saturated rings. The highest BCUT2D eigenvalue weighted by molar-refractivity contribution is 8.30. The maximum Gasteiger partial charge on any atom is 0.244 e. The zero-order chi connectivity index (χ0) is 8.69. The Labute approximate surface area is 73.1 Å². The lowest BCUT2D eigenvalue weighted by Gasteiger charge is -1.95. The van der Waals surface area contributed by atoms with E-state index in [1.165, 1.54) is 6.08 Å². The maximum atomic E-state index is 10.8. The molecule has 1 atom stereocenters. The minimum atomic E-state index is -0.262. The molecule has 2 N–H and O–H groups in total. The van der Waals surface area contributed by atoms with Crippen LogP contribution in [0.2, 0.25) is 0 Å². The van der Waals surface area contributed by atoms with Gasteiger partial charge in [-0.2, -0.15) is 0 Å². The quantitative estimate of drug-likeness (QED) is 0.582. The number of carbonyl (C=O) groups is 1. The Morgan fingerprint density at radius 2 is 2.45 bits per heavy atom. The lowest BCUT2D eigenvalue weighted by Crippen LogP contribution is -2.24. The van der Waals surface area contributed by atoms with Crippen LogP contribution in [0.5, 0.6) is 0 Å². The minimum Gasteiger partial charge on any atom is -0.395 e. The molecule has 0 aliphatic heterocycles. The molecular weight excluding hydrogens is 182 g/mol. The van der Waals surface area contributed by atoms with Crippen LogP contribution in [-0.2, 0) is 25.4 Å². The van der Waals surface area contributed by atoms with E-state index in [0.29, 0.717) is 0 Å². The molecule has 0 saturated heterocycles. The molecule has 0 bridgehead atoms. The Morgan fingerprint density at radius 1 is 1.82 bits per heavy atom. The average Bonchev–Trinajstić information content (AvgIpc) is 1.97. The van der Waals surface area contributed by atoms with E-state index in [4.69, 9.17) is 16.3 Å². The van der Waals surface area contributed by atoms with Gasteiger partial charge in [-0.3, -0.25) is 4.79 Å². The van der Waals surface area contributed by atoms with E-state index in [-0.39, 0.29) is 28.5 Å². The number of amides is 1. The van der Waals surface area contributed by atoms with E-state index < -0.39 is 0 Å². The second kappa shape index (κ2) is 6.45. The molecular formula is C6H11NO2S2. The number of nitrogens with one attached hydrogen (secondary N) is 1. The van der Waals surface area contributed by atoms with Gasteiger partial charge in [0.05, 0.1) is 6.61 Å². The van der Waals surface area contributed by atoms with Gasteiger partial charge in [0.15, 0.2) is 0 Å². The molecule has 0 saturated carbocycles. The van der Waals surface area contributed by atoms with Crippen LogP contribution in [0.4, 0.5) is 0 Å². The van der Waals surface area contributed by atoms with Crippen molar-refractivity contribution in [1.29, 1.82) is 0 Å². The molecule has 0 aliphatic rings. The van der Waals surface area contributed by atoms with Crippen LogP contribution in [0, 0.1) is 0 Å². The van der Waals surface area contributed by atoms with Crippen molar-refractivity contribution < 1.29 is 9.90 Å². The van der Waals surface area contributed by atoms with Crippen LogP contribution >= 0.6 is 0 Å². The summed E-state index contributed by atoms with van der Waals surface area (Å²) in [7, 11) is -0.262. The SMILES string of the molecule is CS(=S)/C=C\C(=O)NCCO. The van der Waals surface area contributed by atoms with E-state index in [9.17, 15) is 4.79 Å². The van der Waals surface area contributed by atoms with Crippen LogP contribution in [0.3, 0.4) is 0 Å². The lowest BCUT2D eigenvalue weighted by atomic mass is 10.5. The third kappa shape index (κ3) is 7.64. The summed E-state index contributed by atoms with van der Waals surface area (Å²) < 4.78 is 0. The van der Waals surface area contributed by atoms with Crippen molar-refractivity contribution in [3.05, 3.63) is 11.5 Å². The predicted molar refractivity (Wildman–Crippen MR) is 49.9 cm³/mol. The number of aliphatic hydroxyl groups excluding tert-OH is 1. The molecule has 0 rings (SSSR count). The summed E-state index contributed by atoms with van der Waals surface area (Å²) in [6.07, 6.45) is 3.23. The summed E-state index contributed by atoms with van der Waals surface area (Å²) >= 11 is 4.82. The molecule has 1 amide bonds. The van der Waals surface area contributed by atoms with Crippen LogP contribution in [-0.4, -0.2) is 30.4 Å². The summed E-state index contributed by atoms with van der Waals surface area (Å²) in [5.74, 6) is -0.205. The van der Waals surface area contributed by atoms with Crippen molar-refractivity contribution in [3.8, 4) is 0 Å². The van der Waals surface area contributed by atoms with Gasteiger partial charge >= 0.3 is 0 Å². The molecule has 0 aromatic rings. The molecule has 0 aromatic carbocycles. The molecule has 3 nitrogen and oxygen atoms in total. The largest absolute Gasteiger partial charge is 0.395 e. The van der Waals surface area contributed by atoms with Gasteiger partial charge in [0.2, 0.25) is 5.91 Å². The molecule has 0 aromatic heterocycles. The molecule has 0 heterocycles. The fourth-order valence-electron chi connectivity index (χ4n) is 0.396. The van der Waals surface area contributed by atoms with Gasteiger partial charge in [0.1, 0.15) is 0 Å². The van der Waals surface area contributed by atoms with Crippen molar-refractivity contribution in [2.75, 3.05) is 19.4 Å². The van der Waals surface area contributed by atoms with Crippen LogP contribution in [0.1, 0.15) is 0 Å². The van der Waals surface area contributed by atoms with E-state index in [0.717, 1.165) is 0 Å². The Balaban J connectivity index is 3.60. The van der Waals surface area contributed by atoms with E-state index in [2.05, 4.69) is 5.32 Å². The van der Waals surface area contributed by atoms with Crippen molar-refractivity contribution >= 4 is 26.5 Å². The smallest absolute Gasteiger partial charge is 0.244 e. The average molecular weight is 193 g/mol. The number of hydrogen-bond acceptors (Lipinski definition) is 3. The highest BCUT2D eigenvalue weighted by atomic mass is 32.8. The Kier molecular flexibility index (Phi) is 6.30. The Hall–Kier alpha value is -0.260. The molecule has 11 heavy (non-hydrogen) atoms. The number of carbonyl (C=O) groups excluding carboxylic acids is 1. The summed E-state index contributed by atoms with van der Waals surface area (Å²) in [6.45, 7) is 0.253. The monoisotopic (exact) mass is 193 g/mol. The molecule has 0 spiro atoms.